The zero-order valence-corrected chi connectivity index (χ0v) is 15.3. The summed E-state index contributed by atoms with van der Waals surface area (Å²) in [6.45, 7) is -0.637. The van der Waals surface area contributed by atoms with E-state index in [0.29, 0.717) is 4.31 Å². The van der Waals surface area contributed by atoms with Gasteiger partial charge in [-0.2, -0.15) is 8.42 Å². The van der Waals surface area contributed by atoms with Crippen LogP contribution in [0.1, 0.15) is 38.5 Å². The molecule has 1 aliphatic heterocycles. The van der Waals surface area contributed by atoms with Crippen LogP contribution >= 0.6 is 0 Å². The molecule has 4 N–H and O–H groups in total. The molecule has 1 aliphatic carbocycles. The minimum atomic E-state index is -4.26. The summed E-state index contributed by atoms with van der Waals surface area (Å²) in [7, 11) is -4.26. The maximum atomic E-state index is 14.4. The molecule has 1 saturated carbocycles. The van der Waals surface area contributed by atoms with E-state index in [1.54, 1.807) is 4.72 Å². The van der Waals surface area contributed by atoms with Gasteiger partial charge in [0.25, 0.3) is 5.91 Å². The van der Waals surface area contributed by atoms with E-state index < -0.39 is 45.9 Å². The van der Waals surface area contributed by atoms with E-state index in [9.17, 15) is 27.5 Å². The topological polar surface area (TPSA) is 128 Å². The Bertz CT molecular complexity index is 829. The van der Waals surface area contributed by atoms with Crippen molar-refractivity contribution in [3.8, 4) is 5.75 Å². The Balaban J connectivity index is 1.73. The van der Waals surface area contributed by atoms with Crippen LogP contribution in [0.4, 0.5) is 20.6 Å². The molecular weight excluding hydrogens is 379 g/mol. The molecule has 2 aliphatic rings. The van der Waals surface area contributed by atoms with Crippen molar-refractivity contribution in [2.75, 3.05) is 16.2 Å². The largest absolute Gasteiger partial charge is 0.506 e. The van der Waals surface area contributed by atoms with Crippen LogP contribution in [0, 0.1) is 5.82 Å². The standard InChI is InChI=1S/C16H21FN4O5S/c17-12-7-11(19-16(24)18-10-5-3-1-2-4-6-10)8-13(22)15(12)21-9-14(23)20-27(21,25)26/h7-8,10,22H,1-6,9H2,(H,20,23)(H2,18,19,24). The first kappa shape index (κ1) is 19.2. The van der Waals surface area contributed by atoms with Crippen molar-refractivity contribution in [3.05, 3.63) is 17.9 Å². The van der Waals surface area contributed by atoms with Gasteiger partial charge in [0, 0.05) is 17.8 Å². The molecule has 0 bridgehead atoms. The van der Waals surface area contributed by atoms with Gasteiger partial charge in [-0.1, -0.05) is 25.7 Å². The number of nitrogens with zero attached hydrogens (tertiary/aromatic N) is 1. The average Bonchev–Trinajstić information content (AvgIpc) is 2.73. The average molecular weight is 400 g/mol. The highest BCUT2D eigenvalue weighted by Gasteiger charge is 2.37. The molecule has 0 unspecified atom stereocenters. The molecule has 1 saturated heterocycles. The number of urea groups is 1. The molecular formula is C16H21FN4O5S. The highest BCUT2D eigenvalue weighted by atomic mass is 32.2. The molecule has 1 aromatic carbocycles. The third kappa shape index (κ3) is 4.41. The molecule has 148 valence electrons. The van der Waals surface area contributed by atoms with E-state index in [0.717, 1.165) is 50.7 Å². The molecule has 0 atom stereocenters. The van der Waals surface area contributed by atoms with Crippen molar-refractivity contribution in [2.45, 2.75) is 44.6 Å². The Morgan fingerprint density at radius 1 is 1.22 bits per heavy atom. The molecule has 1 heterocycles. The Morgan fingerprint density at radius 2 is 1.89 bits per heavy atom. The quantitative estimate of drug-likeness (QED) is 0.573. The van der Waals surface area contributed by atoms with Gasteiger partial charge in [0.1, 0.15) is 18.0 Å². The van der Waals surface area contributed by atoms with E-state index >= 15 is 0 Å². The zero-order chi connectivity index (χ0) is 19.6. The molecule has 9 nitrogen and oxygen atoms in total. The number of anilines is 2. The predicted molar refractivity (Wildman–Crippen MR) is 96.1 cm³/mol. The number of aromatic hydroxyl groups is 1. The summed E-state index contributed by atoms with van der Waals surface area (Å²) >= 11 is 0. The number of halogens is 1. The van der Waals surface area contributed by atoms with E-state index in [-0.39, 0.29) is 11.7 Å². The molecule has 2 fully saturated rings. The van der Waals surface area contributed by atoms with Gasteiger partial charge in [0.05, 0.1) is 0 Å². The molecule has 0 spiro atoms. The molecule has 11 heteroatoms. The molecule has 1 aromatic rings. The normalized spacial score (nSPS) is 20.0. The number of phenols is 1. The number of hydrogen-bond acceptors (Lipinski definition) is 5. The number of nitrogens with one attached hydrogen (secondary N) is 3. The van der Waals surface area contributed by atoms with Gasteiger partial charge in [0.15, 0.2) is 5.82 Å². The van der Waals surface area contributed by atoms with Gasteiger partial charge in [-0.05, 0) is 18.9 Å². The maximum Gasteiger partial charge on any atom is 0.326 e. The van der Waals surface area contributed by atoms with Crippen LogP contribution in [0.25, 0.3) is 0 Å². The van der Waals surface area contributed by atoms with Gasteiger partial charge < -0.3 is 15.7 Å². The second kappa shape index (κ2) is 7.59. The summed E-state index contributed by atoms with van der Waals surface area (Å²) in [5, 5.41) is 15.3. The Kier molecular flexibility index (Phi) is 5.40. The summed E-state index contributed by atoms with van der Waals surface area (Å²) in [4.78, 5) is 23.4. The first-order valence-corrected chi connectivity index (χ1v) is 10.1. The number of benzene rings is 1. The summed E-state index contributed by atoms with van der Waals surface area (Å²) in [5.74, 6) is -2.63. The fraction of sp³-hybridized carbons (Fsp3) is 0.500. The van der Waals surface area contributed by atoms with E-state index in [4.69, 9.17) is 0 Å². The van der Waals surface area contributed by atoms with Crippen LogP contribution in [0.5, 0.6) is 5.75 Å². The predicted octanol–water partition coefficient (Wildman–Crippen LogP) is 1.56. The van der Waals surface area contributed by atoms with Gasteiger partial charge >= 0.3 is 16.2 Å². The van der Waals surface area contributed by atoms with Crippen molar-refractivity contribution < 1.29 is 27.5 Å². The highest BCUT2D eigenvalue weighted by Crippen LogP contribution is 2.36. The lowest BCUT2D eigenvalue weighted by molar-refractivity contribution is -0.117. The zero-order valence-electron chi connectivity index (χ0n) is 14.5. The number of hydrogen-bond donors (Lipinski definition) is 4. The Morgan fingerprint density at radius 3 is 2.44 bits per heavy atom. The van der Waals surface area contributed by atoms with Crippen molar-refractivity contribution in [1.29, 1.82) is 0 Å². The van der Waals surface area contributed by atoms with Gasteiger partial charge in [-0.25, -0.2) is 18.2 Å². The first-order valence-electron chi connectivity index (χ1n) is 8.69. The van der Waals surface area contributed by atoms with Crippen LogP contribution < -0.4 is 19.7 Å². The lowest BCUT2D eigenvalue weighted by Crippen LogP contribution is -2.37. The first-order chi connectivity index (χ1) is 12.8. The summed E-state index contributed by atoms with van der Waals surface area (Å²) in [6.07, 6.45) is 6.09. The molecule has 3 amide bonds. The number of carbonyl (C=O) groups is 2. The van der Waals surface area contributed by atoms with Crippen molar-refractivity contribution in [2.24, 2.45) is 0 Å². The lowest BCUT2D eigenvalue weighted by Gasteiger charge is -2.19. The second-order valence-corrected chi connectivity index (χ2v) is 8.24. The van der Waals surface area contributed by atoms with Crippen LogP contribution in [0.3, 0.4) is 0 Å². The smallest absolute Gasteiger partial charge is 0.326 e. The minimum absolute atomic E-state index is 0.0317. The van der Waals surface area contributed by atoms with Crippen LogP contribution in [-0.4, -0.2) is 38.0 Å². The minimum Gasteiger partial charge on any atom is -0.506 e. The number of amides is 3. The van der Waals surface area contributed by atoms with Crippen molar-refractivity contribution in [1.82, 2.24) is 10.0 Å². The summed E-state index contributed by atoms with van der Waals surface area (Å²) in [5.41, 5.74) is -0.682. The van der Waals surface area contributed by atoms with E-state index in [2.05, 4.69) is 10.6 Å². The highest BCUT2D eigenvalue weighted by molar-refractivity contribution is 7.92. The van der Waals surface area contributed by atoms with Crippen molar-refractivity contribution in [3.63, 3.8) is 0 Å². The molecule has 0 radical (unpaired) electrons. The fourth-order valence-corrected chi connectivity index (χ4v) is 4.50. The maximum absolute atomic E-state index is 14.4. The van der Waals surface area contributed by atoms with Crippen molar-refractivity contribution >= 4 is 33.5 Å². The molecule has 27 heavy (non-hydrogen) atoms. The van der Waals surface area contributed by atoms with Crippen LogP contribution in [-0.2, 0) is 15.0 Å². The molecule has 3 rings (SSSR count). The Hall–Kier alpha value is -2.56. The third-order valence-corrected chi connectivity index (χ3v) is 5.94. The lowest BCUT2D eigenvalue weighted by atomic mass is 10.1. The SMILES string of the molecule is O=C1CN(c2c(O)cc(NC(=O)NC3CCCCCC3)cc2F)S(=O)(=O)N1. The number of phenolic OH excluding ortho intramolecular Hbond substituents is 1. The molecule has 0 aromatic heterocycles. The Labute approximate surface area is 156 Å². The second-order valence-electron chi connectivity index (χ2n) is 6.65. The van der Waals surface area contributed by atoms with Crippen LogP contribution in [0.2, 0.25) is 0 Å². The van der Waals surface area contributed by atoms with Crippen LogP contribution in [0.15, 0.2) is 12.1 Å². The van der Waals surface area contributed by atoms with E-state index in [1.807, 2.05) is 0 Å². The number of carbonyl (C=O) groups excluding carboxylic acids is 2. The monoisotopic (exact) mass is 400 g/mol. The summed E-state index contributed by atoms with van der Waals surface area (Å²) < 4.78 is 40.2. The van der Waals surface area contributed by atoms with Gasteiger partial charge in [-0.3, -0.25) is 4.79 Å². The van der Waals surface area contributed by atoms with Gasteiger partial charge in [0.2, 0.25) is 0 Å². The summed E-state index contributed by atoms with van der Waals surface area (Å²) in [6, 6.07) is 1.43. The number of rotatable bonds is 3. The fourth-order valence-electron chi connectivity index (χ4n) is 3.33. The third-order valence-electron chi connectivity index (χ3n) is 4.56. The van der Waals surface area contributed by atoms with E-state index in [1.165, 1.54) is 0 Å². The van der Waals surface area contributed by atoms with Gasteiger partial charge in [-0.15, -0.1) is 0 Å².